The van der Waals surface area contributed by atoms with Gasteiger partial charge in [0.1, 0.15) is 0 Å². The second kappa shape index (κ2) is 43.6. The molecule has 48 heavy (non-hydrogen) atoms. The molecule has 0 aliphatic rings. The largest absolute Gasteiger partial charge is 0.466 e. The zero-order valence-electron chi connectivity index (χ0n) is 33.0. The lowest BCUT2D eigenvalue weighted by atomic mass is 10.0. The maximum Gasteiger partial charge on any atom is 0.305 e. The molecule has 0 aromatic carbocycles. The third kappa shape index (κ3) is 40.7. The highest BCUT2D eigenvalue weighted by atomic mass is 16.7. The number of hydrogen-bond donors (Lipinski definition) is 2. The Morgan fingerprint density at radius 3 is 1.65 bits per heavy atom. The summed E-state index contributed by atoms with van der Waals surface area (Å²) in [4.78, 5) is 17.1. The van der Waals surface area contributed by atoms with Gasteiger partial charge in [-0.2, -0.15) is 0 Å². The van der Waals surface area contributed by atoms with E-state index in [0.29, 0.717) is 19.1 Å². The predicted molar refractivity (Wildman–Crippen MR) is 212 cm³/mol. The van der Waals surface area contributed by atoms with E-state index >= 15 is 0 Å². The first kappa shape index (κ1) is 48.7. The number of esters is 1. The fourth-order valence-corrected chi connectivity index (χ4v) is 5.52. The molecule has 0 spiro atoms. The maximum absolute atomic E-state index is 11.2. The number of unbranched alkanes of at least 4 members (excludes halogenated alkanes) is 17. The van der Waals surface area contributed by atoms with Crippen LogP contribution in [0, 0.1) is 0 Å². The monoisotopic (exact) mass is 677 g/mol. The Morgan fingerprint density at radius 2 is 1.08 bits per heavy atom. The molecule has 0 aromatic rings. The van der Waals surface area contributed by atoms with Gasteiger partial charge in [-0.3, -0.25) is 9.63 Å². The standard InChI is InChI=1S/C22H40O2.C21H44N2O/c1-3-5-6-7-8-9-10-11-12-13-14-15-16-17-18-19-21-24-22(23)20-4-2;1-5-9-11-13-14-16-19-21(18-15-12-10-6-2)24-23-22-20(8-4)17-7-3/h8-9,11-12H,3-7,10,13-21H2,1-2H3;8,20-23H,4-7,9-19H2,1-3H3/b9-8-,12-11-;. The van der Waals surface area contributed by atoms with Crippen LogP contribution in [0.5, 0.6) is 0 Å². The van der Waals surface area contributed by atoms with E-state index in [0.717, 1.165) is 38.5 Å². The van der Waals surface area contributed by atoms with Crippen molar-refractivity contribution in [1.29, 1.82) is 0 Å². The van der Waals surface area contributed by atoms with Gasteiger partial charge in [0.25, 0.3) is 0 Å². The molecule has 0 radical (unpaired) electrons. The third-order valence-corrected chi connectivity index (χ3v) is 8.68. The number of nitrogens with one attached hydrogen (secondary N) is 2. The second-order valence-corrected chi connectivity index (χ2v) is 13.6. The third-order valence-electron chi connectivity index (χ3n) is 8.68. The first-order valence-corrected chi connectivity index (χ1v) is 20.8. The Morgan fingerprint density at radius 1 is 0.583 bits per heavy atom. The molecule has 0 saturated heterocycles. The Kier molecular flexibility index (Phi) is 44.2. The Balaban J connectivity index is 0. The molecule has 0 heterocycles. The van der Waals surface area contributed by atoms with Gasteiger partial charge in [0.15, 0.2) is 0 Å². The molecule has 0 bridgehead atoms. The van der Waals surface area contributed by atoms with Crippen LogP contribution in [-0.4, -0.2) is 24.7 Å². The molecule has 0 fully saturated rings. The number of hydrogen-bond acceptors (Lipinski definition) is 5. The summed E-state index contributed by atoms with van der Waals surface area (Å²) in [5.74, 6) is -0.0416. The molecular weight excluding hydrogens is 592 g/mol. The summed E-state index contributed by atoms with van der Waals surface area (Å²) in [5, 5.41) is 0. The quantitative estimate of drug-likeness (QED) is 0.0299. The fraction of sp³-hybridized carbons (Fsp3) is 0.837. The van der Waals surface area contributed by atoms with Crippen molar-refractivity contribution >= 4 is 5.97 Å². The molecule has 0 aromatic heterocycles. The molecule has 0 aliphatic heterocycles. The van der Waals surface area contributed by atoms with Crippen LogP contribution >= 0.6 is 0 Å². The highest BCUT2D eigenvalue weighted by Gasteiger charge is 2.10. The maximum atomic E-state index is 11.2. The number of carbonyl (C=O) groups excluding carboxylic acids is 1. The number of hydrazine groups is 1. The Labute approximate surface area is 300 Å². The van der Waals surface area contributed by atoms with E-state index in [1.54, 1.807) is 0 Å². The van der Waals surface area contributed by atoms with E-state index in [1.807, 2.05) is 13.0 Å². The van der Waals surface area contributed by atoms with Gasteiger partial charge in [-0.15, -0.1) is 12.2 Å². The van der Waals surface area contributed by atoms with Crippen LogP contribution in [0.25, 0.3) is 0 Å². The molecule has 5 heteroatoms. The molecule has 2 atom stereocenters. The SMILES string of the molecule is C=CC(CCC)NNOC(CCCCCC)CCCCCCCC.CCCCC/C=C\C/C=C\CCCCCCCCOC(=O)CCC. The van der Waals surface area contributed by atoms with Crippen LogP contribution in [0.15, 0.2) is 37.0 Å². The van der Waals surface area contributed by atoms with Crippen molar-refractivity contribution in [3.8, 4) is 0 Å². The van der Waals surface area contributed by atoms with Crippen LogP contribution in [0.3, 0.4) is 0 Å². The van der Waals surface area contributed by atoms with E-state index in [2.05, 4.69) is 69.6 Å². The van der Waals surface area contributed by atoms with Crippen molar-refractivity contribution in [2.24, 2.45) is 0 Å². The highest BCUT2D eigenvalue weighted by Crippen LogP contribution is 2.15. The first-order valence-electron chi connectivity index (χ1n) is 20.8. The van der Waals surface area contributed by atoms with E-state index in [9.17, 15) is 4.79 Å². The van der Waals surface area contributed by atoms with Gasteiger partial charge in [-0.05, 0) is 64.2 Å². The lowest BCUT2D eigenvalue weighted by molar-refractivity contribution is -0.143. The summed E-state index contributed by atoms with van der Waals surface area (Å²) in [6, 6.07) is 0.282. The molecule has 0 saturated carbocycles. The van der Waals surface area contributed by atoms with Gasteiger partial charge < -0.3 is 4.74 Å². The molecule has 0 amide bonds. The van der Waals surface area contributed by atoms with Crippen molar-refractivity contribution < 1.29 is 14.4 Å². The normalized spacial score (nSPS) is 12.7. The summed E-state index contributed by atoms with van der Waals surface area (Å²) in [6.45, 7) is 15.5. The summed E-state index contributed by atoms with van der Waals surface area (Å²) >= 11 is 0. The summed E-state index contributed by atoms with van der Waals surface area (Å²) in [5.41, 5.74) is 6.23. The number of carbonyl (C=O) groups is 1. The average molecular weight is 677 g/mol. The molecule has 284 valence electrons. The van der Waals surface area contributed by atoms with Crippen LogP contribution in [0.4, 0.5) is 0 Å². The minimum Gasteiger partial charge on any atom is -0.466 e. The zero-order chi connectivity index (χ0) is 35.6. The summed E-state index contributed by atoms with van der Waals surface area (Å²) in [7, 11) is 0. The van der Waals surface area contributed by atoms with Gasteiger partial charge in [-0.1, -0.05) is 174 Å². The first-order chi connectivity index (χ1) is 23.6. The highest BCUT2D eigenvalue weighted by molar-refractivity contribution is 5.69. The zero-order valence-corrected chi connectivity index (χ0v) is 33.0. The predicted octanol–water partition coefficient (Wildman–Crippen LogP) is 13.6. The van der Waals surface area contributed by atoms with Crippen LogP contribution in [0.2, 0.25) is 0 Å². The van der Waals surface area contributed by atoms with E-state index in [4.69, 9.17) is 9.57 Å². The number of rotatable bonds is 36. The average Bonchev–Trinajstić information content (AvgIpc) is 3.09. The lowest BCUT2D eigenvalue weighted by Crippen LogP contribution is -2.41. The summed E-state index contributed by atoms with van der Waals surface area (Å²) < 4.78 is 5.15. The van der Waals surface area contributed by atoms with Gasteiger partial charge in [0, 0.05) is 12.5 Å². The Bertz CT molecular complexity index is 694. The molecule has 2 N–H and O–H groups in total. The van der Waals surface area contributed by atoms with E-state index < -0.39 is 0 Å². The van der Waals surface area contributed by atoms with E-state index in [-0.39, 0.29) is 12.0 Å². The van der Waals surface area contributed by atoms with Crippen molar-refractivity contribution in [1.82, 2.24) is 11.0 Å². The molecular formula is C43H84N2O3. The second-order valence-electron chi connectivity index (χ2n) is 13.6. The Hall–Kier alpha value is -1.43. The fourth-order valence-electron chi connectivity index (χ4n) is 5.52. The molecule has 5 nitrogen and oxygen atoms in total. The van der Waals surface area contributed by atoms with Crippen molar-refractivity contribution in [3.63, 3.8) is 0 Å². The van der Waals surface area contributed by atoms with Gasteiger partial charge in [0.05, 0.1) is 12.7 Å². The van der Waals surface area contributed by atoms with E-state index in [1.165, 1.54) is 135 Å². The number of ether oxygens (including phenoxy) is 1. The minimum atomic E-state index is -0.0416. The molecule has 2 unspecified atom stereocenters. The smallest absolute Gasteiger partial charge is 0.305 e. The van der Waals surface area contributed by atoms with Crippen molar-refractivity contribution in [2.45, 2.75) is 227 Å². The topological polar surface area (TPSA) is 59.6 Å². The van der Waals surface area contributed by atoms with Crippen molar-refractivity contribution in [2.75, 3.05) is 6.61 Å². The van der Waals surface area contributed by atoms with Gasteiger partial charge in [0.2, 0.25) is 0 Å². The van der Waals surface area contributed by atoms with Crippen LogP contribution < -0.4 is 11.0 Å². The van der Waals surface area contributed by atoms with Crippen LogP contribution in [-0.2, 0) is 14.4 Å². The molecule has 0 rings (SSSR count). The summed E-state index contributed by atoms with van der Waals surface area (Å²) in [6.07, 6.45) is 45.7. The molecule has 0 aliphatic carbocycles. The minimum absolute atomic E-state index is 0.0416. The van der Waals surface area contributed by atoms with Crippen LogP contribution in [0.1, 0.15) is 214 Å². The van der Waals surface area contributed by atoms with Gasteiger partial charge >= 0.3 is 5.97 Å². The lowest BCUT2D eigenvalue weighted by Gasteiger charge is -2.21. The van der Waals surface area contributed by atoms with Crippen molar-refractivity contribution in [3.05, 3.63) is 37.0 Å². The van der Waals surface area contributed by atoms with Gasteiger partial charge in [-0.25, -0.2) is 5.43 Å². The number of allylic oxidation sites excluding steroid dienone is 4.